The number of carbonyl (C=O) groups excluding carboxylic acids is 1. The molecule has 0 bridgehead atoms. The minimum Gasteiger partial charge on any atom is -0.490 e. The van der Waals surface area contributed by atoms with Crippen molar-refractivity contribution in [2.24, 2.45) is 0 Å². The Balaban J connectivity index is 1.73. The van der Waals surface area contributed by atoms with Crippen molar-refractivity contribution in [1.29, 1.82) is 0 Å². The van der Waals surface area contributed by atoms with E-state index in [1.54, 1.807) is 0 Å². The van der Waals surface area contributed by atoms with Gasteiger partial charge in [-0.3, -0.25) is 4.79 Å². The Morgan fingerprint density at radius 1 is 1.18 bits per heavy atom. The summed E-state index contributed by atoms with van der Waals surface area (Å²) < 4.78 is 5.96. The van der Waals surface area contributed by atoms with E-state index in [1.807, 2.05) is 32.0 Å². The van der Waals surface area contributed by atoms with Crippen LogP contribution in [-0.2, 0) is 0 Å². The molecule has 0 saturated heterocycles. The zero-order valence-corrected chi connectivity index (χ0v) is 17.4. The van der Waals surface area contributed by atoms with Gasteiger partial charge in [0.05, 0.1) is 12.1 Å². The standard InChI is InChI=1S/C25H31NO2/c1-5-6-8-20-15-21(13-11-17(20)2)19(4)26-25(27)24-16-23(14-12-18(24)3)28-22-9-7-10-22/h6,8,11-16,19,22H,5,7,9-10H2,1-4H3,(H,26,27)/b8-6-. The van der Waals surface area contributed by atoms with Gasteiger partial charge in [-0.1, -0.05) is 37.3 Å². The maximum atomic E-state index is 12.9. The molecule has 1 N–H and O–H groups in total. The summed E-state index contributed by atoms with van der Waals surface area (Å²) in [5.41, 5.74) is 5.19. The molecule has 0 aromatic heterocycles. The first-order valence-corrected chi connectivity index (χ1v) is 10.3. The Kier molecular flexibility index (Phi) is 6.56. The number of amides is 1. The Bertz CT molecular complexity index is 865. The molecular weight excluding hydrogens is 346 g/mol. The van der Waals surface area contributed by atoms with Crippen LogP contribution in [-0.4, -0.2) is 12.0 Å². The van der Waals surface area contributed by atoms with Crippen molar-refractivity contribution in [2.45, 2.75) is 65.5 Å². The summed E-state index contributed by atoms with van der Waals surface area (Å²) in [5.74, 6) is 0.728. The predicted molar refractivity (Wildman–Crippen MR) is 116 cm³/mol. The van der Waals surface area contributed by atoms with Crippen LogP contribution in [0.3, 0.4) is 0 Å². The van der Waals surface area contributed by atoms with Gasteiger partial charge in [-0.2, -0.15) is 0 Å². The molecule has 2 aromatic carbocycles. The average molecular weight is 378 g/mol. The van der Waals surface area contributed by atoms with Gasteiger partial charge in [0.25, 0.3) is 5.91 Å². The third-order valence-corrected chi connectivity index (χ3v) is 5.49. The van der Waals surface area contributed by atoms with Gasteiger partial charge in [0, 0.05) is 5.56 Å². The molecule has 1 amide bonds. The number of benzene rings is 2. The van der Waals surface area contributed by atoms with Crippen molar-refractivity contribution >= 4 is 12.0 Å². The van der Waals surface area contributed by atoms with Crippen molar-refractivity contribution < 1.29 is 9.53 Å². The van der Waals surface area contributed by atoms with Crippen LogP contribution >= 0.6 is 0 Å². The summed E-state index contributed by atoms with van der Waals surface area (Å²) >= 11 is 0. The van der Waals surface area contributed by atoms with E-state index < -0.39 is 0 Å². The fourth-order valence-electron chi connectivity index (χ4n) is 3.31. The van der Waals surface area contributed by atoms with Gasteiger partial charge in [-0.25, -0.2) is 0 Å². The van der Waals surface area contributed by atoms with Crippen molar-refractivity contribution in [1.82, 2.24) is 5.32 Å². The molecule has 3 heteroatoms. The van der Waals surface area contributed by atoms with Gasteiger partial charge in [-0.05, 0) is 86.9 Å². The fourth-order valence-corrected chi connectivity index (χ4v) is 3.31. The molecule has 1 aliphatic carbocycles. The van der Waals surface area contributed by atoms with Gasteiger partial charge < -0.3 is 10.1 Å². The smallest absolute Gasteiger partial charge is 0.252 e. The van der Waals surface area contributed by atoms with E-state index in [2.05, 4.69) is 49.5 Å². The van der Waals surface area contributed by atoms with Crippen LogP contribution in [0.2, 0.25) is 0 Å². The highest BCUT2D eigenvalue weighted by Gasteiger charge is 2.20. The van der Waals surface area contributed by atoms with Crippen LogP contribution in [0.25, 0.3) is 6.08 Å². The Morgan fingerprint density at radius 2 is 1.93 bits per heavy atom. The lowest BCUT2D eigenvalue weighted by atomic mass is 9.96. The van der Waals surface area contributed by atoms with E-state index in [0.717, 1.165) is 36.1 Å². The molecule has 0 heterocycles. The minimum absolute atomic E-state index is 0.0599. The number of rotatable bonds is 7. The largest absolute Gasteiger partial charge is 0.490 e. The van der Waals surface area contributed by atoms with Crippen molar-refractivity contribution in [2.75, 3.05) is 0 Å². The fraction of sp³-hybridized carbons (Fsp3) is 0.400. The summed E-state index contributed by atoms with van der Waals surface area (Å²) in [6, 6.07) is 12.1. The third-order valence-electron chi connectivity index (χ3n) is 5.49. The van der Waals surface area contributed by atoms with E-state index in [1.165, 1.54) is 17.5 Å². The second kappa shape index (κ2) is 9.09. The molecule has 1 fully saturated rings. The number of allylic oxidation sites excluding steroid dienone is 1. The number of carbonyl (C=O) groups is 1. The Labute approximate surface area is 168 Å². The molecule has 2 aromatic rings. The number of ether oxygens (including phenoxy) is 1. The zero-order valence-electron chi connectivity index (χ0n) is 17.4. The van der Waals surface area contributed by atoms with Gasteiger partial charge in [-0.15, -0.1) is 0 Å². The van der Waals surface area contributed by atoms with E-state index in [4.69, 9.17) is 4.74 Å². The summed E-state index contributed by atoms with van der Waals surface area (Å²) in [4.78, 5) is 12.9. The highest BCUT2D eigenvalue weighted by atomic mass is 16.5. The van der Waals surface area contributed by atoms with Crippen molar-refractivity contribution in [3.8, 4) is 5.75 Å². The van der Waals surface area contributed by atoms with Gasteiger partial charge in [0.15, 0.2) is 0 Å². The van der Waals surface area contributed by atoms with E-state index in [0.29, 0.717) is 11.7 Å². The van der Waals surface area contributed by atoms with Gasteiger partial charge in [0.2, 0.25) is 0 Å². The predicted octanol–water partition coefficient (Wildman–Crippen LogP) is 6.15. The summed E-state index contributed by atoms with van der Waals surface area (Å²) in [7, 11) is 0. The molecule has 1 saturated carbocycles. The lowest BCUT2D eigenvalue weighted by Gasteiger charge is -2.26. The van der Waals surface area contributed by atoms with Crippen LogP contribution < -0.4 is 10.1 Å². The summed E-state index contributed by atoms with van der Waals surface area (Å²) in [6.45, 7) is 8.23. The molecule has 3 rings (SSSR count). The van der Waals surface area contributed by atoms with E-state index >= 15 is 0 Å². The molecule has 0 radical (unpaired) electrons. The number of hydrogen-bond donors (Lipinski definition) is 1. The molecule has 3 nitrogen and oxygen atoms in total. The molecule has 0 aliphatic heterocycles. The first kappa shape index (κ1) is 20.2. The van der Waals surface area contributed by atoms with Crippen molar-refractivity contribution in [3.05, 3.63) is 70.3 Å². The Morgan fingerprint density at radius 3 is 2.61 bits per heavy atom. The first-order chi connectivity index (χ1) is 13.5. The van der Waals surface area contributed by atoms with Crippen LogP contribution in [0.1, 0.15) is 78.2 Å². The number of hydrogen-bond acceptors (Lipinski definition) is 2. The maximum Gasteiger partial charge on any atom is 0.252 e. The molecule has 1 unspecified atom stereocenters. The van der Waals surface area contributed by atoms with Crippen LogP contribution in [0.4, 0.5) is 0 Å². The average Bonchev–Trinajstić information content (AvgIpc) is 2.65. The quantitative estimate of drug-likeness (QED) is 0.628. The molecule has 28 heavy (non-hydrogen) atoms. The summed E-state index contributed by atoms with van der Waals surface area (Å²) in [5, 5.41) is 3.15. The maximum absolute atomic E-state index is 12.9. The highest BCUT2D eigenvalue weighted by molar-refractivity contribution is 5.96. The lowest BCUT2D eigenvalue weighted by molar-refractivity contribution is 0.0936. The second-order valence-corrected chi connectivity index (χ2v) is 7.77. The first-order valence-electron chi connectivity index (χ1n) is 10.3. The lowest BCUT2D eigenvalue weighted by Crippen LogP contribution is -2.28. The molecular formula is C25H31NO2. The molecule has 0 spiro atoms. The van der Waals surface area contributed by atoms with Crippen molar-refractivity contribution in [3.63, 3.8) is 0 Å². The SMILES string of the molecule is CC/C=C\c1cc(C(C)NC(=O)c2cc(OC3CCC3)ccc2C)ccc1C. The minimum atomic E-state index is -0.0718. The molecule has 1 aliphatic rings. The topological polar surface area (TPSA) is 38.3 Å². The molecule has 148 valence electrons. The zero-order chi connectivity index (χ0) is 20.1. The van der Waals surface area contributed by atoms with Crippen LogP contribution in [0, 0.1) is 13.8 Å². The third kappa shape index (κ3) is 4.83. The Hall–Kier alpha value is -2.55. The van der Waals surface area contributed by atoms with E-state index in [-0.39, 0.29) is 11.9 Å². The van der Waals surface area contributed by atoms with Gasteiger partial charge in [0.1, 0.15) is 5.75 Å². The van der Waals surface area contributed by atoms with Gasteiger partial charge >= 0.3 is 0 Å². The highest BCUT2D eigenvalue weighted by Crippen LogP contribution is 2.27. The van der Waals surface area contributed by atoms with Crippen LogP contribution in [0.5, 0.6) is 5.75 Å². The molecule has 1 atom stereocenters. The normalized spacial score (nSPS) is 15.3. The monoisotopic (exact) mass is 377 g/mol. The number of aryl methyl sites for hydroxylation is 2. The summed E-state index contributed by atoms with van der Waals surface area (Å²) in [6.07, 6.45) is 9.07. The second-order valence-electron chi connectivity index (χ2n) is 7.77. The van der Waals surface area contributed by atoms with E-state index in [9.17, 15) is 4.79 Å². The van der Waals surface area contributed by atoms with Crippen LogP contribution in [0.15, 0.2) is 42.5 Å². The number of nitrogens with one attached hydrogen (secondary N) is 1.